The van der Waals surface area contributed by atoms with Gasteiger partial charge >= 0.3 is 0 Å². The van der Waals surface area contributed by atoms with Gasteiger partial charge in [0.2, 0.25) is 0 Å². The van der Waals surface area contributed by atoms with Crippen LogP contribution in [0, 0.1) is 18.3 Å². The van der Waals surface area contributed by atoms with Crippen molar-refractivity contribution in [2.75, 3.05) is 0 Å². The van der Waals surface area contributed by atoms with Gasteiger partial charge in [-0.2, -0.15) is 0 Å². The van der Waals surface area contributed by atoms with Crippen molar-refractivity contribution in [2.45, 2.75) is 38.5 Å². The van der Waals surface area contributed by atoms with Gasteiger partial charge < -0.3 is 0 Å². The average molecular weight is 123 g/mol. The van der Waals surface area contributed by atoms with Crippen molar-refractivity contribution in [1.82, 2.24) is 0 Å². The van der Waals surface area contributed by atoms with Crippen molar-refractivity contribution in [3.05, 3.63) is 6.42 Å². The Hall–Kier alpha value is 0. The van der Waals surface area contributed by atoms with Gasteiger partial charge in [-0.1, -0.05) is 19.3 Å². The standard InChI is InChI=1S/C9H15/c1-3-8-5-2-6-9(4-1)7-8/h1,8-9H,2-7H2/t8-,9+. The molecule has 0 saturated heterocycles. The Balaban J connectivity index is 1.96. The van der Waals surface area contributed by atoms with Crippen molar-refractivity contribution in [1.29, 1.82) is 0 Å². The summed E-state index contributed by atoms with van der Waals surface area (Å²) in [4.78, 5) is 0. The van der Waals surface area contributed by atoms with Crippen LogP contribution in [0.5, 0.6) is 0 Å². The Bertz CT molecular complexity index is 76.2. The van der Waals surface area contributed by atoms with Crippen molar-refractivity contribution in [3.8, 4) is 0 Å². The highest BCUT2D eigenvalue weighted by molar-refractivity contribution is 4.86. The minimum absolute atomic E-state index is 1.09. The second kappa shape index (κ2) is 2.32. The van der Waals surface area contributed by atoms with Gasteiger partial charge in [-0.15, -0.1) is 0 Å². The second-order valence-corrected chi connectivity index (χ2v) is 3.66. The molecule has 0 aromatic heterocycles. The minimum Gasteiger partial charge on any atom is -0.0528 e. The molecule has 0 heterocycles. The highest BCUT2D eigenvalue weighted by Gasteiger charge is 2.25. The molecule has 1 radical (unpaired) electrons. The number of hydrogen-bond donors (Lipinski definition) is 0. The zero-order valence-electron chi connectivity index (χ0n) is 5.97. The SMILES string of the molecule is [CH]1C[C@@H]2CCC[C@H](C1)C2. The van der Waals surface area contributed by atoms with Crippen molar-refractivity contribution < 1.29 is 0 Å². The van der Waals surface area contributed by atoms with Crippen molar-refractivity contribution in [3.63, 3.8) is 0 Å². The third kappa shape index (κ3) is 1.12. The van der Waals surface area contributed by atoms with Crippen LogP contribution in [-0.4, -0.2) is 0 Å². The first-order valence-electron chi connectivity index (χ1n) is 4.27. The maximum absolute atomic E-state index is 2.51. The van der Waals surface area contributed by atoms with Gasteiger partial charge in [0.15, 0.2) is 0 Å². The van der Waals surface area contributed by atoms with Gasteiger partial charge in [0.25, 0.3) is 0 Å². The van der Waals surface area contributed by atoms with E-state index in [2.05, 4.69) is 6.42 Å². The molecule has 2 fully saturated rings. The van der Waals surface area contributed by atoms with E-state index in [9.17, 15) is 0 Å². The lowest BCUT2D eigenvalue weighted by molar-refractivity contribution is 0.225. The first-order valence-corrected chi connectivity index (χ1v) is 4.27. The highest BCUT2D eigenvalue weighted by atomic mass is 14.3. The molecule has 0 aromatic rings. The van der Waals surface area contributed by atoms with E-state index in [0.29, 0.717) is 0 Å². The molecule has 9 heavy (non-hydrogen) atoms. The summed E-state index contributed by atoms with van der Waals surface area (Å²) in [6, 6.07) is 0. The molecule has 2 aliphatic rings. The lowest BCUT2D eigenvalue weighted by atomic mass is 9.72. The monoisotopic (exact) mass is 123 g/mol. The van der Waals surface area contributed by atoms with Crippen LogP contribution in [0.4, 0.5) is 0 Å². The lowest BCUT2D eigenvalue weighted by Gasteiger charge is -2.33. The largest absolute Gasteiger partial charge is 0.0528 e. The van der Waals surface area contributed by atoms with Gasteiger partial charge in [-0.05, 0) is 37.5 Å². The smallest absolute Gasteiger partial charge is 0.0380 e. The molecule has 2 bridgehead atoms. The van der Waals surface area contributed by atoms with Crippen molar-refractivity contribution in [2.24, 2.45) is 11.8 Å². The third-order valence-corrected chi connectivity index (χ3v) is 2.89. The van der Waals surface area contributed by atoms with Crippen LogP contribution >= 0.6 is 0 Å². The van der Waals surface area contributed by atoms with Gasteiger partial charge in [0.1, 0.15) is 0 Å². The summed E-state index contributed by atoms with van der Waals surface area (Å²) in [6.45, 7) is 0. The minimum atomic E-state index is 1.09. The Morgan fingerprint density at radius 1 is 1.00 bits per heavy atom. The van der Waals surface area contributed by atoms with E-state index < -0.39 is 0 Å². The van der Waals surface area contributed by atoms with Gasteiger partial charge in [-0.3, -0.25) is 0 Å². The molecule has 0 spiro atoms. The van der Waals surface area contributed by atoms with E-state index in [1.807, 2.05) is 0 Å². The fraction of sp³-hybridized carbons (Fsp3) is 0.889. The fourth-order valence-corrected chi connectivity index (χ4v) is 2.40. The van der Waals surface area contributed by atoms with Crippen LogP contribution in [0.1, 0.15) is 38.5 Å². The maximum Gasteiger partial charge on any atom is -0.0380 e. The molecular formula is C9H15. The summed E-state index contributed by atoms with van der Waals surface area (Å²) in [7, 11) is 0. The quantitative estimate of drug-likeness (QED) is 0.464. The van der Waals surface area contributed by atoms with E-state index in [1.54, 1.807) is 6.42 Å². The fourth-order valence-electron chi connectivity index (χ4n) is 2.40. The van der Waals surface area contributed by atoms with Gasteiger partial charge in [0.05, 0.1) is 0 Å². The number of hydrogen-bond acceptors (Lipinski definition) is 0. The molecule has 0 aromatic carbocycles. The molecule has 0 nitrogen and oxygen atoms in total. The van der Waals surface area contributed by atoms with Crippen LogP contribution in [0.3, 0.4) is 0 Å². The summed E-state index contributed by atoms with van der Waals surface area (Å²) in [5.74, 6) is 2.19. The molecule has 2 atom stereocenters. The highest BCUT2D eigenvalue weighted by Crippen LogP contribution is 2.38. The third-order valence-electron chi connectivity index (χ3n) is 2.89. The summed E-state index contributed by atoms with van der Waals surface area (Å²) in [5.41, 5.74) is 0. The molecule has 0 unspecified atom stereocenters. The zero-order valence-corrected chi connectivity index (χ0v) is 5.97. The van der Waals surface area contributed by atoms with Crippen LogP contribution in [0.15, 0.2) is 0 Å². The van der Waals surface area contributed by atoms with Crippen LogP contribution in [0.25, 0.3) is 0 Å². The van der Waals surface area contributed by atoms with Gasteiger partial charge in [0, 0.05) is 0 Å². The molecule has 2 saturated carbocycles. The normalized spacial score (nSPS) is 42.7. The summed E-state index contributed by atoms with van der Waals surface area (Å²) >= 11 is 0. The summed E-state index contributed by atoms with van der Waals surface area (Å²) < 4.78 is 0. The Morgan fingerprint density at radius 3 is 2.22 bits per heavy atom. The second-order valence-electron chi connectivity index (χ2n) is 3.66. The van der Waals surface area contributed by atoms with Crippen LogP contribution in [-0.2, 0) is 0 Å². The predicted molar refractivity (Wildman–Crippen MR) is 39.0 cm³/mol. The number of rotatable bonds is 0. The number of fused-ring (bicyclic) bond motifs is 2. The van der Waals surface area contributed by atoms with E-state index in [-0.39, 0.29) is 0 Å². The molecule has 0 amide bonds. The van der Waals surface area contributed by atoms with E-state index >= 15 is 0 Å². The summed E-state index contributed by atoms with van der Waals surface area (Å²) in [5, 5.41) is 0. The summed E-state index contributed by atoms with van der Waals surface area (Å²) in [6.07, 6.45) is 11.5. The Kier molecular flexibility index (Phi) is 1.48. The molecule has 0 N–H and O–H groups in total. The molecule has 2 rings (SSSR count). The molecule has 2 aliphatic carbocycles. The van der Waals surface area contributed by atoms with E-state index in [0.717, 1.165) is 11.8 Å². The first-order chi connectivity index (χ1) is 4.45. The van der Waals surface area contributed by atoms with Gasteiger partial charge in [-0.25, -0.2) is 0 Å². The molecule has 0 heteroatoms. The molecule has 0 aliphatic heterocycles. The maximum atomic E-state index is 2.51. The molecular weight excluding hydrogens is 108 g/mol. The van der Waals surface area contributed by atoms with E-state index in [1.165, 1.54) is 32.1 Å². The van der Waals surface area contributed by atoms with E-state index in [4.69, 9.17) is 0 Å². The first kappa shape index (κ1) is 5.76. The average Bonchev–Trinajstić information content (AvgIpc) is 1.88. The van der Waals surface area contributed by atoms with Crippen LogP contribution < -0.4 is 0 Å². The Morgan fingerprint density at radius 2 is 1.67 bits per heavy atom. The zero-order chi connectivity index (χ0) is 6.10. The lowest BCUT2D eigenvalue weighted by Crippen LogP contribution is -2.20. The van der Waals surface area contributed by atoms with Crippen LogP contribution in [0.2, 0.25) is 0 Å². The van der Waals surface area contributed by atoms with Crippen molar-refractivity contribution >= 4 is 0 Å². The topological polar surface area (TPSA) is 0 Å². The predicted octanol–water partition coefficient (Wildman–Crippen LogP) is 2.79. The molecule has 51 valence electrons. The Labute approximate surface area is 57.6 Å².